The van der Waals surface area contributed by atoms with Gasteiger partial charge in [0, 0.05) is 23.9 Å². The van der Waals surface area contributed by atoms with Gasteiger partial charge in [-0.2, -0.15) is 5.10 Å². The first-order valence-electron chi connectivity index (χ1n) is 9.75. The van der Waals surface area contributed by atoms with Gasteiger partial charge in [-0.3, -0.25) is 0 Å². The lowest BCUT2D eigenvalue weighted by molar-refractivity contribution is 0.163. The van der Waals surface area contributed by atoms with E-state index >= 15 is 0 Å². The van der Waals surface area contributed by atoms with Crippen molar-refractivity contribution in [1.29, 1.82) is 0 Å². The molecule has 3 N–H and O–H groups in total. The van der Waals surface area contributed by atoms with Gasteiger partial charge in [0.25, 0.3) is 0 Å². The molecule has 3 aromatic rings. The first-order chi connectivity index (χ1) is 14.1. The Kier molecular flexibility index (Phi) is 6.97. The van der Waals surface area contributed by atoms with Crippen LogP contribution in [-0.4, -0.2) is 46.2 Å². The van der Waals surface area contributed by atoms with Gasteiger partial charge in [0.2, 0.25) is 0 Å². The van der Waals surface area contributed by atoms with Crippen LogP contribution in [0.1, 0.15) is 36.0 Å². The lowest BCUT2D eigenvalue weighted by Crippen LogP contribution is -2.28. The number of benzene rings is 2. The Morgan fingerprint density at radius 2 is 1.70 bits per heavy atom. The van der Waals surface area contributed by atoms with E-state index in [9.17, 15) is 5.11 Å². The molecule has 1 saturated carbocycles. The number of methoxy groups -OCH3 is 2. The second kappa shape index (κ2) is 9.47. The maximum Gasteiger partial charge on any atom is 0.155 e. The van der Waals surface area contributed by atoms with Gasteiger partial charge in [-0.15, -0.1) is 12.4 Å². The van der Waals surface area contributed by atoms with Gasteiger partial charge in [0.05, 0.1) is 20.3 Å². The summed E-state index contributed by atoms with van der Waals surface area (Å²) in [5.41, 5.74) is 7.90. The molecule has 4 rings (SSSR count). The van der Waals surface area contributed by atoms with E-state index in [2.05, 4.69) is 0 Å². The third kappa shape index (κ3) is 4.28. The average molecular weight is 431 g/mol. The zero-order valence-electron chi connectivity index (χ0n) is 17.1. The van der Waals surface area contributed by atoms with E-state index in [0.29, 0.717) is 30.8 Å². The molecule has 0 spiro atoms. The largest absolute Gasteiger partial charge is 0.496 e. The van der Waals surface area contributed by atoms with Gasteiger partial charge < -0.3 is 20.3 Å². The fourth-order valence-electron chi connectivity index (χ4n) is 3.97. The van der Waals surface area contributed by atoms with Crippen molar-refractivity contribution in [2.24, 2.45) is 5.73 Å². The summed E-state index contributed by atoms with van der Waals surface area (Å²) in [6.45, 7) is 0. The molecule has 1 heterocycles. The van der Waals surface area contributed by atoms with Crippen molar-refractivity contribution in [2.45, 2.75) is 37.3 Å². The summed E-state index contributed by atoms with van der Waals surface area (Å²) in [4.78, 5) is 4.86. The first kappa shape index (κ1) is 22.1. The monoisotopic (exact) mass is 430 g/mol. The van der Waals surface area contributed by atoms with Crippen molar-refractivity contribution < 1.29 is 14.6 Å². The number of para-hydroxylation sites is 3. The van der Waals surface area contributed by atoms with E-state index in [0.717, 1.165) is 22.8 Å². The van der Waals surface area contributed by atoms with E-state index in [1.54, 1.807) is 14.2 Å². The Balaban J connectivity index is 0.00000256. The van der Waals surface area contributed by atoms with Gasteiger partial charge in [0.1, 0.15) is 23.0 Å². The summed E-state index contributed by atoms with van der Waals surface area (Å²) in [5, 5.41) is 15.0. The summed E-state index contributed by atoms with van der Waals surface area (Å²) < 4.78 is 12.8. The summed E-state index contributed by atoms with van der Waals surface area (Å²) >= 11 is 0. The second-order valence-electron chi connectivity index (χ2n) is 7.36. The fourth-order valence-corrected chi connectivity index (χ4v) is 3.97. The fraction of sp³-hybridized carbons (Fsp3) is 0.364. The van der Waals surface area contributed by atoms with Crippen LogP contribution in [0.3, 0.4) is 0 Å². The van der Waals surface area contributed by atoms with E-state index < -0.39 is 6.10 Å². The van der Waals surface area contributed by atoms with Crippen LogP contribution in [0.2, 0.25) is 0 Å². The number of hydrogen-bond donors (Lipinski definition) is 2. The standard InChI is InChI=1S/C22H26N4O3.ClH/c1-28-19-9-5-3-7-14(19)13-21-24-22(15-11-16(23)18(27)12-15)26(25-21)17-8-4-6-10-20(17)29-2;/h3-10,15-16,18,27H,11-13,23H2,1-2H3;1H/t15-,16+,18+;/m0./s1. The van der Waals surface area contributed by atoms with Crippen molar-refractivity contribution in [3.63, 3.8) is 0 Å². The average Bonchev–Trinajstić information content (AvgIpc) is 3.31. The van der Waals surface area contributed by atoms with Gasteiger partial charge in [-0.05, 0) is 31.0 Å². The molecule has 1 aromatic heterocycles. The summed E-state index contributed by atoms with van der Waals surface area (Å²) in [5.74, 6) is 3.03. The van der Waals surface area contributed by atoms with Crippen LogP contribution in [0.5, 0.6) is 11.5 Å². The molecular weight excluding hydrogens is 404 g/mol. The molecule has 30 heavy (non-hydrogen) atoms. The van der Waals surface area contributed by atoms with Crippen LogP contribution in [0.4, 0.5) is 0 Å². The van der Waals surface area contributed by atoms with Crippen LogP contribution in [0.25, 0.3) is 5.69 Å². The number of halogens is 1. The van der Waals surface area contributed by atoms with E-state index in [1.807, 2.05) is 53.2 Å². The van der Waals surface area contributed by atoms with Gasteiger partial charge in [-0.25, -0.2) is 9.67 Å². The number of nitrogens with zero attached hydrogens (tertiary/aromatic N) is 3. The maximum absolute atomic E-state index is 10.2. The highest BCUT2D eigenvalue weighted by Crippen LogP contribution is 2.35. The number of aliphatic hydroxyl groups is 1. The van der Waals surface area contributed by atoms with Crippen molar-refractivity contribution in [1.82, 2.24) is 14.8 Å². The van der Waals surface area contributed by atoms with Crippen LogP contribution < -0.4 is 15.2 Å². The van der Waals surface area contributed by atoms with Gasteiger partial charge in [0.15, 0.2) is 5.82 Å². The van der Waals surface area contributed by atoms with Crippen LogP contribution >= 0.6 is 12.4 Å². The second-order valence-corrected chi connectivity index (χ2v) is 7.36. The molecule has 1 aliphatic carbocycles. The summed E-state index contributed by atoms with van der Waals surface area (Å²) in [7, 11) is 3.30. The molecule has 7 nitrogen and oxygen atoms in total. The van der Waals surface area contributed by atoms with Crippen molar-refractivity contribution >= 4 is 12.4 Å². The predicted octanol–water partition coefficient (Wildman–Crippen LogP) is 2.86. The molecule has 8 heteroatoms. The molecule has 1 fully saturated rings. The zero-order valence-corrected chi connectivity index (χ0v) is 17.9. The lowest BCUT2D eigenvalue weighted by Gasteiger charge is -2.13. The highest BCUT2D eigenvalue weighted by molar-refractivity contribution is 5.85. The smallest absolute Gasteiger partial charge is 0.155 e. The number of ether oxygens (including phenoxy) is 2. The highest BCUT2D eigenvalue weighted by Gasteiger charge is 2.35. The number of nitrogens with two attached hydrogens (primary N) is 1. The molecule has 0 aliphatic heterocycles. The molecule has 0 amide bonds. The normalized spacial score (nSPS) is 20.6. The van der Waals surface area contributed by atoms with Crippen molar-refractivity contribution in [3.05, 3.63) is 65.7 Å². The van der Waals surface area contributed by atoms with Gasteiger partial charge >= 0.3 is 0 Å². The first-order valence-corrected chi connectivity index (χ1v) is 9.75. The minimum atomic E-state index is -0.527. The molecule has 160 valence electrons. The third-order valence-electron chi connectivity index (χ3n) is 5.47. The Hall–Kier alpha value is -2.61. The van der Waals surface area contributed by atoms with Crippen molar-refractivity contribution in [3.8, 4) is 17.2 Å². The number of hydrogen-bond acceptors (Lipinski definition) is 6. The Morgan fingerprint density at radius 1 is 1.03 bits per heavy atom. The molecular formula is C22H27ClN4O3. The number of aliphatic hydroxyl groups excluding tert-OH is 1. The van der Waals surface area contributed by atoms with Gasteiger partial charge in [-0.1, -0.05) is 30.3 Å². The summed E-state index contributed by atoms with van der Waals surface area (Å²) in [6, 6.07) is 15.3. The molecule has 3 atom stereocenters. The van der Waals surface area contributed by atoms with E-state index in [-0.39, 0.29) is 24.4 Å². The minimum absolute atomic E-state index is 0. The van der Waals surface area contributed by atoms with E-state index in [4.69, 9.17) is 25.3 Å². The topological polar surface area (TPSA) is 95.4 Å². The van der Waals surface area contributed by atoms with Crippen molar-refractivity contribution in [2.75, 3.05) is 14.2 Å². The Morgan fingerprint density at radius 3 is 2.37 bits per heavy atom. The molecule has 2 aromatic carbocycles. The number of aromatic nitrogens is 3. The lowest BCUT2D eigenvalue weighted by atomic mass is 10.1. The van der Waals surface area contributed by atoms with E-state index in [1.165, 1.54) is 0 Å². The summed E-state index contributed by atoms with van der Waals surface area (Å²) in [6.07, 6.45) is 1.26. The molecule has 1 aliphatic rings. The third-order valence-corrected chi connectivity index (χ3v) is 5.47. The van der Waals surface area contributed by atoms with Crippen LogP contribution in [-0.2, 0) is 6.42 Å². The number of rotatable bonds is 6. The highest BCUT2D eigenvalue weighted by atomic mass is 35.5. The molecule has 0 radical (unpaired) electrons. The molecule has 0 unspecified atom stereocenters. The Labute approximate surface area is 182 Å². The van der Waals surface area contributed by atoms with Crippen LogP contribution in [0, 0.1) is 0 Å². The minimum Gasteiger partial charge on any atom is -0.496 e. The predicted molar refractivity (Wildman–Crippen MR) is 117 cm³/mol. The quantitative estimate of drug-likeness (QED) is 0.624. The SMILES string of the molecule is COc1ccccc1Cc1nc([C@H]2C[C@@H](N)[C@H](O)C2)n(-c2ccccc2OC)n1.Cl. The van der Waals surface area contributed by atoms with Crippen LogP contribution in [0.15, 0.2) is 48.5 Å². The Bertz CT molecular complexity index is 984. The molecule has 0 bridgehead atoms. The molecule has 0 saturated heterocycles. The zero-order chi connectivity index (χ0) is 20.4. The maximum atomic E-state index is 10.2.